The van der Waals surface area contributed by atoms with Crippen molar-refractivity contribution >= 4 is 5.97 Å². The fourth-order valence-electron chi connectivity index (χ4n) is 1.39. The van der Waals surface area contributed by atoms with E-state index in [0.717, 1.165) is 17.7 Å². The van der Waals surface area contributed by atoms with Crippen LogP contribution in [-0.2, 0) is 11.3 Å². The number of rotatable bonds is 5. The number of hydrogen-bond donors (Lipinski definition) is 2. The number of hydrogen-bond acceptors (Lipinski definition) is 3. The van der Waals surface area contributed by atoms with Gasteiger partial charge >= 0.3 is 5.97 Å². The molecule has 2 N–H and O–H groups in total. The normalized spacial score (nSPS) is 11.3. The van der Waals surface area contributed by atoms with Gasteiger partial charge in [-0.3, -0.25) is 0 Å². The smallest absolute Gasteiger partial charge is 0.347 e. The molecule has 0 fully saturated rings. The van der Waals surface area contributed by atoms with Crippen molar-refractivity contribution in [2.45, 2.75) is 32.9 Å². The third-order valence-electron chi connectivity index (χ3n) is 2.51. The molecular weight excluding hydrogens is 218 g/mol. The number of carboxylic acids is 1. The monoisotopic (exact) mass is 237 g/mol. The van der Waals surface area contributed by atoms with Gasteiger partial charge in [0, 0.05) is 6.54 Å². The number of carbonyl (C=O) groups is 1. The van der Waals surface area contributed by atoms with Crippen LogP contribution in [0.2, 0.25) is 0 Å². The van der Waals surface area contributed by atoms with E-state index in [-0.39, 0.29) is 0 Å². The summed E-state index contributed by atoms with van der Waals surface area (Å²) in [6.45, 7) is 5.71. The summed E-state index contributed by atoms with van der Waals surface area (Å²) >= 11 is 0. The Labute approximate surface area is 102 Å². The predicted molar refractivity (Wildman–Crippen MR) is 66.3 cm³/mol. The van der Waals surface area contributed by atoms with E-state index in [2.05, 4.69) is 5.32 Å². The average Bonchev–Trinajstić information content (AvgIpc) is 2.23. The predicted octanol–water partition coefficient (Wildman–Crippen LogP) is 1.96. The van der Waals surface area contributed by atoms with E-state index >= 15 is 0 Å². The molecule has 17 heavy (non-hydrogen) atoms. The molecule has 0 bridgehead atoms. The van der Waals surface area contributed by atoms with Crippen molar-refractivity contribution in [3.05, 3.63) is 29.3 Å². The molecule has 0 aliphatic heterocycles. The number of aliphatic carboxylic acids is 1. The van der Waals surface area contributed by atoms with Crippen molar-refractivity contribution in [1.82, 2.24) is 5.32 Å². The standard InChI is InChI=1S/C13H19NO3/c1-9-5-6-10(8-14-4)7-11(9)17-13(2,3)12(15)16/h5-7,14H,8H2,1-4H3,(H,15,16). The highest BCUT2D eigenvalue weighted by Crippen LogP contribution is 2.24. The summed E-state index contributed by atoms with van der Waals surface area (Å²) < 4.78 is 5.55. The fraction of sp³-hybridized carbons (Fsp3) is 0.462. The summed E-state index contributed by atoms with van der Waals surface area (Å²) in [6.07, 6.45) is 0. The van der Waals surface area contributed by atoms with Gasteiger partial charge in [-0.15, -0.1) is 0 Å². The van der Waals surface area contributed by atoms with Gasteiger partial charge in [-0.05, 0) is 45.0 Å². The van der Waals surface area contributed by atoms with Crippen molar-refractivity contribution in [3.63, 3.8) is 0 Å². The Morgan fingerprint density at radius 2 is 2.12 bits per heavy atom. The maximum Gasteiger partial charge on any atom is 0.347 e. The number of benzene rings is 1. The largest absolute Gasteiger partial charge is 0.478 e. The van der Waals surface area contributed by atoms with Crippen LogP contribution in [0.1, 0.15) is 25.0 Å². The zero-order chi connectivity index (χ0) is 13.1. The summed E-state index contributed by atoms with van der Waals surface area (Å²) in [6, 6.07) is 5.79. The molecule has 0 atom stereocenters. The quantitative estimate of drug-likeness (QED) is 0.822. The van der Waals surface area contributed by atoms with Crippen LogP contribution in [0, 0.1) is 6.92 Å². The molecule has 0 aromatic heterocycles. The second kappa shape index (κ2) is 5.19. The highest BCUT2D eigenvalue weighted by Gasteiger charge is 2.29. The molecule has 94 valence electrons. The van der Waals surface area contributed by atoms with Crippen LogP contribution in [0.4, 0.5) is 0 Å². The van der Waals surface area contributed by atoms with E-state index in [4.69, 9.17) is 9.84 Å². The van der Waals surface area contributed by atoms with Gasteiger partial charge in [-0.1, -0.05) is 12.1 Å². The lowest BCUT2D eigenvalue weighted by atomic mass is 10.1. The van der Waals surface area contributed by atoms with Gasteiger partial charge in [0.1, 0.15) is 5.75 Å². The Hall–Kier alpha value is -1.55. The maximum absolute atomic E-state index is 11.0. The van der Waals surface area contributed by atoms with E-state index in [1.54, 1.807) is 13.8 Å². The number of nitrogens with one attached hydrogen (secondary N) is 1. The molecule has 0 saturated heterocycles. The number of ether oxygens (including phenoxy) is 1. The Kier molecular flexibility index (Phi) is 4.12. The fourth-order valence-corrected chi connectivity index (χ4v) is 1.39. The first kappa shape index (κ1) is 13.5. The summed E-state index contributed by atoms with van der Waals surface area (Å²) in [4.78, 5) is 11.0. The third-order valence-corrected chi connectivity index (χ3v) is 2.51. The van der Waals surface area contributed by atoms with Gasteiger partial charge in [0.15, 0.2) is 5.60 Å². The van der Waals surface area contributed by atoms with Crippen molar-refractivity contribution in [3.8, 4) is 5.75 Å². The van der Waals surface area contributed by atoms with Crippen molar-refractivity contribution in [1.29, 1.82) is 0 Å². The van der Waals surface area contributed by atoms with Gasteiger partial charge in [0.05, 0.1) is 0 Å². The molecule has 0 amide bonds. The van der Waals surface area contributed by atoms with Crippen LogP contribution < -0.4 is 10.1 Å². The Morgan fingerprint density at radius 3 is 2.65 bits per heavy atom. The minimum Gasteiger partial charge on any atom is -0.478 e. The molecule has 0 radical (unpaired) electrons. The molecule has 0 heterocycles. The minimum absolute atomic E-state index is 0.616. The van der Waals surface area contributed by atoms with E-state index in [1.807, 2.05) is 32.2 Å². The van der Waals surface area contributed by atoms with E-state index in [0.29, 0.717) is 5.75 Å². The minimum atomic E-state index is -1.22. The molecule has 1 rings (SSSR count). The molecule has 4 nitrogen and oxygen atoms in total. The highest BCUT2D eigenvalue weighted by molar-refractivity contribution is 5.76. The summed E-state index contributed by atoms with van der Waals surface area (Å²) in [7, 11) is 1.86. The van der Waals surface area contributed by atoms with Crippen LogP contribution in [-0.4, -0.2) is 23.7 Å². The second-order valence-electron chi connectivity index (χ2n) is 4.55. The SMILES string of the molecule is CNCc1ccc(C)c(OC(C)(C)C(=O)O)c1. The number of carboxylic acid groups (broad SMARTS) is 1. The topological polar surface area (TPSA) is 58.6 Å². The molecule has 1 aromatic rings. The van der Waals surface area contributed by atoms with Gasteiger partial charge in [0.2, 0.25) is 0 Å². The second-order valence-corrected chi connectivity index (χ2v) is 4.55. The van der Waals surface area contributed by atoms with Crippen LogP contribution in [0.15, 0.2) is 18.2 Å². The molecule has 0 saturated carbocycles. The Bertz CT molecular complexity index is 413. The van der Waals surface area contributed by atoms with Gasteiger partial charge in [-0.25, -0.2) is 4.79 Å². The maximum atomic E-state index is 11.0. The van der Waals surface area contributed by atoms with Crippen LogP contribution in [0.25, 0.3) is 0 Å². The van der Waals surface area contributed by atoms with Crippen molar-refractivity contribution in [2.75, 3.05) is 7.05 Å². The van der Waals surface area contributed by atoms with Crippen molar-refractivity contribution < 1.29 is 14.6 Å². The van der Waals surface area contributed by atoms with E-state index in [9.17, 15) is 4.79 Å². The van der Waals surface area contributed by atoms with Gasteiger partial charge < -0.3 is 15.2 Å². The van der Waals surface area contributed by atoms with Crippen LogP contribution >= 0.6 is 0 Å². The Balaban J connectivity index is 2.97. The Morgan fingerprint density at radius 1 is 1.47 bits per heavy atom. The molecular formula is C13H19NO3. The summed E-state index contributed by atoms with van der Waals surface area (Å²) in [5, 5.41) is 12.1. The first-order valence-corrected chi connectivity index (χ1v) is 5.53. The molecule has 0 aliphatic carbocycles. The summed E-state index contributed by atoms with van der Waals surface area (Å²) in [5.41, 5.74) is 0.775. The third kappa shape index (κ3) is 3.46. The highest BCUT2D eigenvalue weighted by atomic mass is 16.5. The van der Waals surface area contributed by atoms with Gasteiger partial charge in [-0.2, -0.15) is 0 Å². The van der Waals surface area contributed by atoms with Gasteiger partial charge in [0.25, 0.3) is 0 Å². The van der Waals surface area contributed by atoms with Crippen molar-refractivity contribution in [2.24, 2.45) is 0 Å². The van der Waals surface area contributed by atoms with E-state index in [1.165, 1.54) is 0 Å². The zero-order valence-corrected chi connectivity index (χ0v) is 10.7. The zero-order valence-electron chi connectivity index (χ0n) is 10.7. The first-order chi connectivity index (χ1) is 7.86. The lowest BCUT2D eigenvalue weighted by molar-refractivity contribution is -0.152. The summed E-state index contributed by atoms with van der Waals surface area (Å²) in [5.74, 6) is -0.360. The van der Waals surface area contributed by atoms with Crippen LogP contribution in [0.3, 0.4) is 0 Å². The molecule has 1 aromatic carbocycles. The number of aryl methyl sites for hydroxylation is 1. The first-order valence-electron chi connectivity index (χ1n) is 5.53. The molecule has 0 spiro atoms. The molecule has 0 aliphatic rings. The lowest BCUT2D eigenvalue weighted by Gasteiger charge is -2.23. The lowest BCUT2D eigenvalue weighted by Crippen LogP contribution is -2.38. The molecule has 0 unspecified atom stereocenters. The van der Waals surface area contributed by atoms with Crippen LogP contribution in [0.5, 0.6) is 5.75 Å². The average molecular weight is 237 g/mol. The molecule has 4 heteroatoms. The van der Waals surface area contributed by atoms with E-state index < -0.39 is 11.6 Å².